The second kappa shape index (κ2) is 9.21. The van der Waals surface area contributed by atoms with Crippen molar-refractivity contribution >= 4 is 33.2 Å². The van der Waals surface area contributed by atoms with E-state index < -0.39 is 10.0 Å². The summed E-state index contributed by atoms with van der Waals surface area (Å²) in [6.45, 7) is 4.28. The van der Waals surface area contributed by atoms with Crippen LogP contribution in [0.1, 0.15) is 19.4 Å². The molecule has 8 heteroatoms. The van der Waals surface area contributed by atoms with Gasteiger partial charge >= 0.3 is 0 Å². The molecule has 0 saturated heterocycles. The number of amides is 1. The molecule has 0 aliphatic rings. The van der Waals surface area contributed by atoms with Gasteiger partial charge in [-0.2, -0.15) is 4.31 Å². The number of nitrogens with one attached hydrogen (secondary N) is 1. The number of halogens is 1. The molecule has 2 aromatic carbocycles. The number of ether oxygens (including phenoxy) is 1. The largest absolute Gasteiger partial charge is 0.495 e. The van der Waals surface area contributed by atoms with E-state index in [4.69, 9.17) is 16.3 Å². The number of nitrogens with zero attached hydrogens (tertiary/aromatic N) is 1. The van der Waals surface area contributed by atoms with Crippen molar-refractivity contribution in [1.82, 2.24) is 4.31 Å². The number of methoxy groups -OCH3 is 1. The third-order valence-corrected chi connectivity index (χ3v) is 6.36. The summed E-state index contributed by atoms with van der Waals surface area (Å²) in [4.78, 5) is 12.5. The van der Waals surface area contributed by atoms with Crippen molar-refractivity contribution in [2.45, 2.75) is 25.2 Å². The summed E-state index contributed by atoms with van der Waals surface area (Å²) in [6.07, 6.45) is 0.132. The normalized spacial score (nSPS) is 11.4. The maximum atomic E-state index is 12.7. The summed E-state index contributed by atoms with van der Waals surface area (Å²) in [5, 5.41) is 3.32. The second-order valence-corrected chi connectivity index (χ2v) is 8.18. The highest BCUT2D eigenvalue weighted by atomic mass is 35.5. The van der Waals surface area contributed by atoms with Gasteiger partial charge in [0.2, 0.25) is 15.9 Å². The zero-order chi connectivity index (χ0) is 20.0. The van der Waals surface area contributed by atoms with Crippen LogP contribution in [-0.4, -0.2) is 38.8 Å². The lowest BCUT2D eigenvalue weighted by Crippen LogP contribution is -2.30. The van der Waals surface area contributed by atoms with E-state index in [-0.39, 0.29) is 17.2 Å². The van der Waals surface area contributed by atoms with Gasteiger partial charge in [-0.1, -0.05) is 37.6 Å². The fourth-order valence-electron chi connectivity index (χ4n) is 2.64. The Labute approximate surface area is 165 Å². The van der Waals surface area contributed by atoms with Gasteiger partial charge in [0.05, 0.1) is 24.1 Å². The van der Waals surface area contributed by atoms with E-state index in [2.05, 4.69) is 5.32 Å². The number of carbonyl (C=O) groups excluding carboxylic acids is 1. The molecule has 27 heavy (non-hydrogen) atoms. The Morgan fingerprint density at radius 3 is 2.30 bits per heavy atom. The van der Waals surface area contributed by atoms with Gasteiger partial charge in [0.25, 0.3) is 0 Å². The van der Waals surface area contributed by atoms with Crippen LogP contribution >= 0.6 is 11.6 Å². The predicted molar refractivity (Wildman–Crippen MR) is 107 cm³/mol. The Morgan fingerprint density at radius 2 is 1.74 bits per heavy atom. The van der Waals surface area contributed by atoms with Crippen LogP contribution in [0.4, 0.5) is 5.69 Å². The summed E-state index contributed by atoms with van der Waals surface area (Å²) < 4.78 is 32.0. The minimum absolute atomic E-state index is 0.105. The molecule has 2 aromatic rings. The third-order valence-electron chi connectivity index (χ3n) is 4.07. The first-order valence-electron chi connectivity index (χ1n) is 8.54. The Hall–Kier alpha value is -2.09. The average molecular weight is 411 g/mol. The van der Waals surface area contributed by atoms with E-state index >= 15 is 0 Å². The molecule has 2 rings (SSSR count). The molecule has 1 N–H and O–H groups in total. The lowest BCUT2D eigenvalue weighted by Gasteiger charge is -2.19. The van der Waals surface area contributed by atoms with Crippen molar-refractivity contribution in [2.75, 3.05) is 25.5 Å². The van der Waals surface area contributed by atoms with Crippen LogP contribution in [0.2, 0.25) is 5.02 Å². The maximum Gasteiger partial charge on any atom is 0.243 e. The molecule has 0 saturated carbocycles. The lowest BCUT2D eigenvalue weighted by molar-refractivity contribution is -0.115. The summed E-state index contributed by atoms with van der Waals surface area (Å²) in [5.74, 6) is 0.103. The maximum absolute atomic E-state index is 12.7. The Morgan fingerprint density at radius 1 is 1.11 bits per heavy atom. The quantitative estimate of drug-likeness (QED) is 0.721. The van der Waals surface area contributed by atoms with Crippen LogP contribution in [0.5, 0.6) is 5.75 Å². The van der Waals surface area contributed by atoms with Gasteiger partial charge in [0.1, 0.15) is 5.75 Å². The number of sulfonamides is 1. The summed E-state index contributed by atoms with van der Waals surface area (Å²) in [6, 6.07) is 11.4. The molecule has 0 fully saturated rings. The minimum Gasteiger partial charge on any atom is -0.495 e. The number of hydrogen-bond acceptors (Lipinski definition) is 4. The minimum atomic E-state index is -3.64. The number of hydrogen-bond donors (Lipinski definition) is 1. The van der Waals surface area contributed by atoms with Gasteiger partial charge in [-0.15, -0.1) is 0 Å². The second-order valence-electron chi connectivity index (χ2n) is 5.80. The molecule has 0 heterocycles. The fraction of sp³-hybridized carbons (Fsp3) is 0.316. The molecule has 0 unspecified atom stereocenters. The SMILES string of the molecule is CCN(CC)S(=O)(=O)c1ccc(OC)c(NC(=O)Cc2ccc(Cl)cc2)c1. The van der Waals surface area contributed by atoms with Crippen LogP contribution < -0.4 is 10.1 Å². The summed E-state index contributed by atoms with van der Waals surface area (Å²) in [5.41, 5.74) is 1.10. The van der Waals surface area contributed by atoms with Crippen LogP contribution in [0.3, 0.4) is 0 Å². The van der Waals surface area contributed by atoms with Crippen molar-refractivity contribution in [1.29, 1.82) is 0 Å². The number of carbonyl (C=O) groups is 1. The lowest BCUT2D eigenvalue weighted by atomic mass is 10.1. The first kappa shape index (κ1) is 21.2. The van der Waals surface area contributed by atoms with Gasteiger partial charge in [-0.3, -0.25) is 4.79 Å². The summed E-state index contributed by atoms with van der Waals surface area (Å²) in [7, 11) is -2.18. The molecule has 0 spiro atoms. The smallest absolute Gasteiger partial charge is 0.243 e. The predicted octanol–water partition coefficient (Wildman–Crippen LogP) is 3.56. The molecular formula is C19H23ClN2O4S. The molecule has 0 atom stereocenters. The molecule has 6 nitrogen and oxygen atoms in total. The van der Waals surface area contributed by atoms with E-state index in [0.717, 1.165) is 5.56 Å². The zero-order valence-corrected chi connectivity index (χ0v) is 17.1. The van der Waals surface area contributed by atoms with Gasteiger partial charge in [0, 0.05) is 18.1 Å². The van der Waals surface area contributed by atoms with E-state index in [1.165, 1.54) is 29.6 Å². The Balaban J connectivity index is 2.27. The monoisotopic (exact) mass is 410 g/mol. The van der Waals surface area contributed by atoms with Gasteiger partial charge in [-0.25, -0.2) is 8.42 Å². The van der Waals surface area contributed by atoms with Crippen molar-refractivity contribution in [3.05, 3.63) is 53.1 Å². The van der Waals surface area contributed by atoms with Crippen LogP contribution in [0.15, 0.2) is 47.4 Å². The van der Waals surface area contributed by atoms with Crippen molar-refractivity contribution in [3.8, 4) is 5.75 Å². The van der Waals surface area contributed by atoms with E-state index in [1.54, 1.807) is 38.1 Å². The molecule has 0 aliphatic heterocycles. The molecule has 146 valence electrons. The van der Waals surface area contributed by atoms with Gasteiger partial charge in [0.15, 0.2) is 0 Å². The first-order chi connectivity index (χ1) is 12.8. The van der Waals surface area contributed by atoms with E-state index in [0.29, 0.717) is 29.5 Å². The number of benzene rings is 2. The highest BCUT2D eigenvalue weighted by Gasteiger charge is 2.23. The standard InChI is InChI=1S/C19H23ClN2O4S/c1-4-22(5-2)27(24,25)16-10-11-18(26-3)17(13-16)21-19(23)12-14-6-8-15(20)9-7-14/h6-11,13H,4-5,12H2,1-3H3,(H,21,23). The zero-order valence-electron chi connectivity index (χ0n) is 15.5. The highest BCUT2D eigenvalue weighted by molar-refractivity contribution is 7.89. The third kappa shape index (κ3) is 5.22. The first-order valence-corrected chi connectivity index (χ1v) is 10.4. The highest BCUT2D eigenvalue weighted by Crippen LogP contribution is 2.29. The Kier molecular flexibility index (Phi) is 7.24. The van der Waals surface area contributed by atoms with E-state index in [9.17, 15) is 13.2 Å². The topological polar surface area (TPSA) is 75.7 Å². The molecule has 0 aliphatic carbocycles. The molecule has 0 aromatic heterocycles. The van der Waals surface area contributed by atoms with Crippen LogP contribution in [-0.2, 0) is 21.2 Å². The summed E-state index contributed by atoms with van der Waals surface area (Å²) >= 11 is 5.85. The average Bonchev–Trinajstić information content (AvgIpc) is 2.64. The molecular weight excluding hydrogens is 388 g/mol. The molecule has 0 radical (unpaired) electrons. The number of rotatable bonds is 8. The van der Waals surface area contributed by atoms with Crippen molar-refractivity contribution < 1.29 is 17.9 Å². The number of anilines is 1. The van der Waals surface area contributed by atoms with Crippen molar-refractivity contribution in [2.24, 2.45) is 0 Å². The van der Waals surface area contributed by atoms with Gasteiger partial charge < -0.3 is 10.1 Å². The van der Waals surface area contributed by atoms with E-state index in [1.807, 2.05) is 0 Å². The van der Waals surface area contributed by atoms with Crippen LogP contribution in [0, 0.1) is 0 Å². The van der Waals surface area contributed by atoms with Crippen molar-refractivity contribution in [3.63, 3.8) is 0 Å². The van der Waals surface area contributed by atoms with Crippen LogP contribution in [0.25, 0.3) is 0 Å². The molecule has 1 amide bonds. The Bertz CT molecular complexity index is 894. The fourth-order valence-corrected chi connectivity index (χ4v) is 4.25. The van der Waals surface area contributed by atoms with Gasteiger partial charge in [-0.05, 0) is 35.9 Å². The molecule has 0 bridgehead atoms.